The first-order chi connectivity index (χ1) is 17.8. The van der Waals surface area contributed by atoms with Crippen LogP contribution in [0.2, 0.25) is 0 Å². The van der Waals surface area contributed by atoms with Gasteiger partial charge in [0.1, 0.15) is 5.03 Å². The zero-order chi connectivity index (χ0) is 26.0. The standard InChI is InChI=1S/C26H23F3N6OS/c1-37-23-9-11-31-25(33-23)35-14-12-34(13-15-35)24(36)17-2-5-19(6-3-17)32-21-8-10-30-22-16-18(26(27,28)29)4-7-20(21)22/h2-11,16H,12-15H2,1H3,(H,30,32). The number of thioether (sulfide) groups is 1. The minimum absolute atomic E-state index is 0.0565. The number of rotatable bonds is 5. The van der Waals surface area contributed by atoms with Crippen LogP contribution in [0.15, 0.2) is 72.0 Å². The SMILES string of the molecule is CSc1ccnc(N2CCN(C(=O)c3ccc(Nc4ccnc5cc(C(F)(F)F)ccc45)cc3)CC2)n1. The predicted octanol–water partition coefficient (Wildman–Crippen LogP) is 5.47. The van der Waals surface area contributed by atoms with Crippen LogP contribution in [-0.2, 0) is 6.18 Å². The second-order valence-corrected chi connectivity index (χ2v) is 9.30. The molecule has 0 unspecified atom stereocenters. The van der Waals surface area contributed by atoms with Crippen LogP contribution in [-0.4, -0.2) is 58.2 Å². The van der Waals surface area contributed by atoms with Gasteiger partial charge in [0.05, 0.1) is 11.1 Å². The first-order valence-corrected chi connectivity index (χ1v) is 12.8. The highest BCUT2D eigenvalue weighted by Crippen LogP contribution is 2.33. The summed E-state index contributed by atoms with van der Waals surface area (Å²) in [4.78, 5) is 29.9. The van der Waals surface area contributed by atoms with E-state index in [1.807, 2.05) is 17.2 Å². The van der Waals surface area contributed by atoms with E-state index in [1.165, 1.54) is 12.3 Å². The number of fused-ring (bicyclic) bond motifs is 1. The van der Waals surface area contributed by atoms with Crippen molar-refractivity contribution in [1.29, 1.82) is 0 Å². The lowest BCUT2D eigenvalue weighted by Gasteiger charge is -2.34. The quantitative estimate of drug-likeness (QED) is 0.274. The Hall–Kier alpha value is -3.86. The number of nitrogens with zero attached hydrogens (tertiary/aromatic N) is 5. The summed E-state index contributed by atoms with van der Waals surface area (Å²) in [5.41, 5.74) is 1.40. The fraction of sp³-hybridized carbons (Fsp3) is 0.231. The highest BCUT2D eigenvalue weighted by atomic mass is 32.2. The van der Waals surface area contributed by atoms with Crippen molar-refractivity contribution < 1.29 is 18.0 Å². The monoisotopic (exact) mass is 524 g/mol. The Bertz CT molecular complexity index is 1420. The number of hydrogen-bond donors (Lipinski definition) is 1. The second-order valence-electron chi connectivity index (χ2n) is 8.47. The van der Waals surface area contributed by atoms with Gasteiger partial charge in [-0.25, -0.2) is 9.97 Å². The van der Waals surface area contributed by atoms with Gasteiger partial charge in [-0.2, -0.15) is 13.2 Å². The lowest BCUT2D eigenvalue weighted by Crippen LogP contribution is -2.49. The molecule has 0 aliphatic carbocycles. The molecule has 1 amide bonds. The van der Waals surface area contributed by atoms with E-state index < -0.39 is 11.7 Å². The molecule has 7 nitrogen and oxygen atoms in total. The number of nitrogens with one attached hydrogen (secondary N) is 1. The largest absolute Gasteiger partial charge is 0.416 e. The molecule has 0 spiro atoms. The van der Waals surface area contributed by atoms with Gasteiger partial charge in [-0.15, -0.1) is 11.8 Å². The number of pyridine rings is 1. The summed E-state index contributed by atoms with van der Waals surface area (Å²) >= 11 is 1.56. The average Bonchev–Trinajstić information content (AvgIpc) is 2.92. The van der Waals surface area contributed by atoms with Gasteiger partial charge in [0, 0.05) is 60.9 Å². The Morgan fingerprint density at radius 3 is 2.38 bits per heavy atom. The van der Waals surface area contributed by atoms with Crippen LogP contribution in [0.4, 0.5) is 30.5 Å². The summed E-state index contributed by atoms with van der Waals surface area (Å²) in [5.74, 6) is 0.617. The number of amides is 1. The van der Waals surface area contributed by atoms with Gasteiger partial charge in [-0.3, -0.25) is 9.78 Å². The molecule has 37 heavy (non-hydrogen) atoms. The minimum atomic E-state index is -4.43. The minimum Gasteiger partial charge on any atom is -0.355 e. The van der Waals surface area contributed by atoms with E-state index in [2.05, 4.69) is 25.2 Å². The van der Waals surface area contributed by atoms with Crippen LogP contribution in [0, 0.1) is 0 Å². The molecule has 0 radical (unpaired) electrons. The third-order valence-electron chi connectivity index (χ3n) is 6.16. The van der Waals surface area contributed by atoms with Crippen molar-refractivity contribution >= 4 is 45.9 Å². The highest BCUT2D eigenvalue weighted by Gasteiger charge is 2.30. The fourth-order valence-corrected chi connectivity index (χ4v) is 4.55. The number of alkyl halides is 3. The predicted molar refractivity (Wildman–Crippen MR) is 138 cm³/mol. The molecule has 2 aromatic carbocycles. The van der Waals surface area contributed by atoms with Crippen molar-refractivity contribution in [3.63, 3.8) is 0 Å². The maximum atomic E-state index is 13.1. The number of anilines is 3. The Kier molecular flexibility index (Phi) is 6.88. The number of piperazine rings is 1. The molecule has 0 saturated carbocycles. The van der Waals surface area contributed by atoms with Crippen LogP contribution in [0.25, 0.3) is 10.9 Å². The summed E-state index contributed by atoms with van der Waals surface area (Å²) < 4.78 is 39.1. The maximum Gasteiger partial charge on any atom is 0.416 e. The number of benzene rings is 2. The summed E-state index contributed by atoms with van der Waals surface area (Å²) in [5, 5.41) is 4.69. The fourth-order valence-electron chi connectivity index (χ4n) is 4.18. The summed E-state index contributed by atoms with van der Waals surface area (Å²) in [7, 11) is 0. The second kappa shape index (κ2) is 10.3. The molecule has 0 atom stereocenters. The average molecular weight is 525 g/mol. The molecule has 1 aliphatic rings. The van der Waals surface area contributed by atoms with E-state index in [1.54, 1.807) is 48.3 Å². The third-order valence-corrected chi connectivity index (χ3v) is 6.80. The Labute approximate surface area is 215 Å². The van der Waals surface area contributed by atoms with Gasteiger partial charge in [0.2, 0.25) is 5.95 Å². The molecule has 190 valence electrons. The van der Waals surface area contributed by atoms with Crippen LogP contribution < -0.4 is 10.2 Å². The van der Waals surface area contributed by atoms with E-state index >= 15 is 0 Å². The van der Waals surface area contributed by atoms with Crippen LogP contribution in [0.5, 0.6) is 0 Å². The van der Waals surface area contributed by atoms with Crippen molar-refractivity contribution in [2.75, 3.05) is 42.7 Å². The van der Waals surface area contributed by atoms with Gasteiger partial charge < -0.3 is 15.1 Å². The maximum absolute atomic E-state index is 13.1. The van der Waals surface area contributed by atoms with E-state index in [0.29, 0.717) is 54.5 Å². The Balaban J connectivity index is 1.24. The van der Waals surface area contributed by atoms with E-state index in [0.717, 1.165) is 17.2 Å². The molecular formula is C26H23F3N6OS. The van der Waals surface area contributed by atoms with Crippen molar-refractivity contribution in [3.05, 3.63) is 78.1 Å². The molecule has 1 saturated heterocycles. The summed E-state index contributed by atoms with van der Waals surface area (Å²) in [6.45, 7) is 2.42. The molecule has 4 aromatic rings. The summed E-state index contributed by atoms with van der Waals surface area (Å²) in [6.07, 6.45) is 0.748. The van der Waals surface area contributed by atoms with Gasteiger partial charge >= 0.3 is 6.18 Å². The van der Waals surface area contributed by atoms with Crippen LogP contribution in [0.1, 0.15) is 15.9 Å². The number of carbonyl (C=O) groups excluding carboxylic acids is 1. The molecule has 2 aromatic heterocycles. The van der Waals surface area contributed by atoms with E-state index in [-0.39, 0.29) is 11.4 Å². The molecule has 1 N–H and O–H groups in total. The van der Waals surface area contributed by atoms with E-state index in [4.69, 9.17) is 0 Å². The van der Waals surface area contributed by atoms with Crippen molar-refractivity contribution in [3.8, 4) is 0 Å². The van der Waals surface area contributed by atoms with Crippen LogP contribution >= 0.6 is 11.8 Å². The van der Waals surface area contributed by atoms with Gasteiger partial charge in [0.15, 0.2) is 0 Å². The van der Waals surface area contributed by atoms with Gasteiger partial charge in [-0.1, -0.05) is 6.07 Å². The van der Waals surface area contributed by atoms with Crippen LogP contribution in [0.3, 0.4) is 0 Å². The first-order valence-electron chi connectivity index (χ1n) is 11.6. The van der Waals surface area contributed by atoms with Crippen molar-refractivity contribution in [2.24, 2.45) is 0 Å². The van der Waals surface area contributed by atoms with E-state index in [9.17, 15) is 18.0 Å². The third kappa shape index (κ3) is 5.46. The molecular weight excluding hydrogens is 501 g/mol. The lowest BCUT2D eigenvalue weighted by molar-refractivity contribution is -0.137. The topological polar surface area (TPSA) is 74.2 Å². The Morgan fingerprint density at radius 2 is 1.68 bits per heavy atom. The number of aromatic nitrogens is 3. The lowest BCUT2D eigenvalue weighted by atomic mass is 10.1. The molecule has 1 aliphatic heterocycles. The zero-order valence-electron chi connectivity index (χ0n) is 19.9. The summed E-state index contributed by atoms with van der Waals surface area (Å²) in [6, 6.07) is 14.1. The van der Waals surface area contributed by atoms with Crippen molar-refractivity contribution in [2.45, 2.75) is 11.2 Å². The smallest absolute Gasteiger partial charge is 0.355 e. The first kappa shape index (κ1) is 24.8. The van der Waals surface area contributed by atoms with Gasteiger partial charge in [-0.05, 0) is 54.8 Å². The normalized spacial score (nSPS) is 14.2. The molecule has 5 rings (SSSR count). The Morgan fingerprint density at radius 1 is 0.946 bits per heavy atom. The highest BCUT2D eigenvalue weighted by molar-refractivity contribution is 7.98. The number of hydrogen-bond acceptors (Lipinski definition) is 7. The molecule has 1 fully saturated rings. The number of halogens is 3. The molecule has 0 bridgehead atoms. The van der Waals surface area contributed by atoms with Crippen molar-refractivity contribution in [1.82, 2.24) is 19.9 Å². The molecule has 11 heteroatoms. The van der Waals surface area contributed by atoms with Gasteiger partial charge in [0.25, 0.3) is 5.91 Å². The molecule has 3 heterocycles. The number of carbonyl (C=O) groups is 1. The zero-order valence-corrected chi connectivity index (χ0v) is 20.7.